The fraction of sp³-hybridized carbons (Fsp3) is 0.667. The average molecular weight is 262 g/mol. The maximum Gasteiger partial charge on any atom is 0.243 e. The number of nitrogens with one attached hydrogen (secondary N) is 3. The first-order chi connectivity index (χ1) is 8.01. The molecule has 0 fully saturated rings. The topological polar surface area (TPSA) is 113 Å². The molecule has 0 aromatic heterocycles. The van der Waals surface area contributed by atoms with Crippen LogP contribution in [0, 0.1) is 0 Å². The molecule has 0 saturated carbocycles. The van der Waals surface area contributed by atoms with Crippen LogP contribution in [0.4, 0.5) is 0 Å². The number of thiol groups is 1. The minimum absolute atomic E-state index is 0.117. The Labute approximate surface area is 105 Å². The number of nitrogens with two attached hydrogens (primary N) is 1. The number of hydrogen-bond acceptors (Lipinski definition) is 5. The number of likely N-dealkylation sites (N-methyl/N-ethyl adjacent to an activating group) is 1. The van der Waals surface area contributed by atoms with Crippen molar-refractivity contribution < 1.29 is 14.4 Å². The molecule has 0 aliphatic heterocycles. The second kappa shape index (κ2) is 8.82. The van der Waals surface area contributed by atoms with Crippen LogP contribution in [0.15, 0.2) is 0 Å². The molecule has 17 heavy (non-hydrogen) atoms. The molecule has 0 unspecified atom stereocenters. The lowest BCUT2D eigenvalue weighted by atomic mass is 10.2. The minimum Gasteiger partial charge on any atom is -0.368 e. The summed E-state index contributed by atoms with van der Waals surface area (Å²) in [5.41, 5.74) is 4.90. The van der Waals surface area contributed by atoms with Crippen LogP contribution < -0.4 is 21.7 Å². The summed E-state index contributed by atoms with van der Waals surface area (Å²) in [5.74, 6) is -0.936. The van der Waals surface area contributed by atoms with Crippen molar-refractivity contribution in [2.24, 2.45) is 5.73 Å². The van der Waals surface area contributed by atoms with E-state index >= 15 is 0 Å². The van der Waals surface area contributed by atoms with Crippen LogP contribution in [0.25, 0.3) is 0 Å². The predicted molar refractivity (Wildman–Crippen MR) is 66.5 cm³/mol. The number of rotatable bonds is 8. The van der Waals surface area contributed by atoms with Gasteiger partial charge < -0.3 is 21.7 Å². The van der Waals surface area contributed by atoms with Crippen molar-refractivity contribution >= 4 is 30.4 Å². The summed E-state index contributed by atoms with van der Waals surface area (Å²) in [5, 5.41) is 7.53. The van der Waals surface area contributed by atoms with E-state index in [1.807, 2.05) is 0 Å². The van der Waals surface area contributed by atoms with Gasteiger partial charge in [0.2, 0.25) is 17.7 Å². The number of amides is 3. The van der Waals surface area contributed by atoms with E-state index in [1.165, 1.54) is 0 Å². The number of carbonyl (C=O) groups excluding carboxylic acids is 3. The molecule has 5 N–H and O–H groups in total. The molecular weight excluding hydrogens is 244 g/mol. The molecule has 0 heterocycles. The van der Waals surface area contributed by atoms with Gasteiger partial charge in [-0.3, -0.25) is 14.4 Å². The molecule has 0 radical (unpaired) electrons. The normalized spacial score (nSPS) is 11.6. The van der Waals surface area contributed by atoms with E-state index in [0.717, 1.165) is 0 Å². The molecule has 1 atom stereocenters. The van der Waals surface area contributed by atoms with E-state index in [-0.39, 0.29) is 19.0 Å². The predicted octanol–water partition coefficient (Wildman–Crippen LogP) is -2.39. The lowest BCUT2D eigenvalue weighted by molar-refractivity contribution is -0.129. The van der Waals surface area contributed by atoms with E-state index < -0.39 is 17.9 Å². The highest BCUT2D eigenvalue weighted by Gasteiger charge is 2.19. The van der Waals surface area contributed by atoms with Gasteiger partial charge in [-0.1, -0.05) is 0 Å². The van der Waals surface area contributed by atoms with Crippen LogP contribution in [0.5, 0.6) is 0 Å². The van der Waals surface area contributed by atoms with Crippen LogP contribution in [0.1, 0.15) is 6.42 Å². The summed E-state index contributed by atoms with van der Waals surface area (Å²) in [4.78, 5) is 33.4. The van der Waals surface area contributed by atoms with E-state index in [0.29, 0.717) is 12.2 Å². The SMILES string of the molecule is CNCC(=O)N[C@@H](CCS)C(=O)NCC(N)=O. The van der Waals surface area contributed by atoms with Gasteiger partial charge in [0.25, 0.3) is 0 Å². The van der Waals surface area contributed by atoms with Crippen molar-refractivity contribution in [3.05, 3.63) is 0 Å². The molecule has 0 aliphatic carbocycles. The third-order valence-corrected chi connectivity index (χ3v) is 2.10. The molecule has 8 heteroatoms. The van der Waals surface area contributed by atoms with Crippen LogP contribution in [-0.2, 0) is 14.4 Å². The Morgan fingerprint density at radius 1 is 1.29 bits per heavy atom. The van der Waals surface area contributed by atoms with Crippen molar-refractivity contribution in [3.63, 3.8) is 0 Å². The lowest BCUT2D eigenvalue weighted by Crippen LogP contribution is -2.50. The highest BCUT2D eigenvalue weighted by molar-refractivity contribution is 7.80. The first kappa shape index (κ1) is 15.7. The summed E-state index contributed by atoms with van der Waals surface area (Å²) in [6, 6.07) is -0.701. The van der Waals surface area contributed by atoms with Gasteiger partial charge in [0.1, 0.15) is 6.04 Å². The Morgan fingerprint density at radius 2 is 1.94 bits per heavy atom. The van der Waals surface area contributed by atoms with Crippen LogP contribution >= 0.6 is 12.6 Å². The lowest BCUT2D eigenvalue weighted by Gasteiger charge is -2.17. The molecule has 0 saturated heterocycles. The van der Waals surface area contributed by atoms with Crippen molar-refractivity contribution in [3.8, 4) is 0 Å². The van der Waals surface area contributed by atoms with Crippen molar-refractivity contribution in [2.45, 2.75) is 12.5 Å². The molecule has 0 aromatic carbocycles. The molecule has 7 nitrogen and oxygen atoms in total. The van der Waals surface area contributed by atoms with Gasteiger partial charge in [0.05, 0.1) is 13.1 Å². The van der Waals surface area contributed by atoms with Crippen LogP contribution in [0.3, 0.4) is 0 Å². The number of carbonyl (C=O) groups is 3. The molecule has 0 bridgehead atoms. The summed E-state index contributed by atoms with van der Waals surface area (Å²) in [6.07, 6.45) is 0.378. The summed E-state index contributed by atoms with van der Waals surface area (Å²) < 4.78 is 0. The number of primary amides is 1. The first-order valence-corrected chi connectivity index (χ1v) is 5.75. The zero-order valence-electron chi connectivity index (χ0n) is 9.66. The summed E-state index contributed by atoms with van der Waals surface area (Å²) in [7, 11) is 1.63. The fourth-order valence-electron chi connectivity index (χ4n) is 1.10. The van der Waals surface area contributed by atoms with Gasteiger partial charge in [-0.15, -0.1) is 0 Å². The zero-order valence-corrected chi connectivity index (χ0v) is 10.5. The quantitative estimate of drug-likeness (QED) is 0.314. The standard InChI is InChI=1S/C9H18N4O3S/c1-11-5-8(15)13-6(2-3-17)9(16)12-4-7(10)14/h6,11,17H,2-5H2,1H3,(H2,10,14)(H,12,16)(H,13,15)/t6-/m0/s1. The Balaban J connectivity index is 4.24. The highest BCUT2D eigenvalue weighted by Crippen LogP contribution is 1.94. The van der Waals surface area contributed by atoms with Crippen molar-refractivity contribution in [2.75, 3.05) is 25.9 Å². The van der Waals surface area contributed by atoms with Gasteiger partial charge in [0.15, 0.2) is 0 Å². The Bertz CT molecular complexity index is 285. The summed E-state index contributed by atoms with van der Waals surface area (Å²) >= 11 is 4.00. The Hall–Kier alpha value is -1.28. The first-order valence-electron chi connectivity index (χ1n) is 5.12. The molecule has 0 spiro atoms. The molecule has 3 amide bonds. The van der Waals surface area contributed by atoms with E-state index in [4.69, 9.17) is 5.73 Å². The molecule has 0 rings (SSSR count). The fourth-order valence-corrected chi connectivity index (χ4v) is 1.36. The van der Waals surface area contributed by atoms with E-state index in [2.05, 4.69) is 28.6 Å². The maximum absolute atomic E-state index is 11.6. The van der Waals surface area contributed by atoms with Gasteiger partial charge in [-0.05, 0) is 19.2 Å². The Kier molecular flexibility index (Phi) is 8.16. The monoisotopic (exact) mass is 262 g/mol. The molecule has 0 aliphatic rings. The third-order valence-electron chi connectivity index (χ3n) is 1.84. The van der Waals surface area contributed by atoms with Crippen molar-refractivity contribution in [1.82, 2.24) is 16.0 Å². The zero-order chi connectivity index (χ0) is 13.3. The molecular formula is C9H18N4O3S. The number of hydrogen-bond donors (Lipinski definition) is 5. The van der Waals surface area contributed by atoms with Crippen molar-refractivity contribution in [1.29, 1.82) is 0 Å². The maximum atomic E-state index is 11.6. The smallest absolute Gasteiger partial charge is 0.243 e. The van der Waals surface area contributed by atoms with Gasteiger partial charge in [0, 0.05) is 0 Å². The highest BCUT2D eigenvalue weighted by atomic mass is 32.1. The second-order valence-electron chi connectivity index (χ2n) is 3.35. The third kappa shape index (κ3) is 7.58. The van der Waals surface area contributed by atoms with Gasteiger partial charge in [-0.2, -0.15) is 12.6 Å². The van der Waals surface area contributed by atoms with E-state index in [9.17, 15) is 14.4 Å². The molecule has 0 aromatic rings. The minimum atomic E-state index is -0.701. The van der Waals surface area contributed by atoms with E-state index in [1.54, 1.807) is 7.05 Å². The second-order valence-corrected chi connectivity index (χ2v) is 3.79. The van der Waals surface area contributed by atoms with Gasteiger partial charge in [-0.25, -0.2) is 0 Å². The van der Waals surface area contributed by atoms with Crippen LogP contribution in [0.2, 0.25) is 0 Å². The van der Waals surface area contributed by atoms with Gasteiger partial charge >= 0.3 is 0 Å². The average Bonchev–Trinajstić information content (AvgIpc) is 2.25. The molecule has 98 valence electrons. The largest absolute Gasteiger partial charge is 0.368 e. The van der Waals surface area contributed by atoms with Crippen LogP contribution in [-0.4, -0.2) is 49.7 Å². The Morgan fingerprint density at radius 3 is 2.41 bits per heavy atom. The summed E-state index contributed by atoms with van der Waals surface area (Å²) in [6.45, 7) is -0.129.